The van der Waals surface area contributed by atoms with Crippen molar-refractivity contribution in [1.82, 2.24) is 0 Å². The Bertz CT molecular complexity index is 667. The van der Waals surface area contributed by atoms with Crippen molar-refractivity contribution < 1.29 is 0 Å². The van der Waals surface area contributed by atoms with Gasteiger partial charge in [-0.3, -0.25) is 0 Å². The standard InChI is InChI=1S/C20H16/c1-2-4-20-18-13-9-16(10-14-18)6-5-15-7-11-17(12-8-15)19(20)3-1/h1-4,7-14H,5-6H2. The fourth-order valence-corrected chi connectivity index (χ4v) is 2.98. The minimum Gasteiger partial charge on any atom is -0.0616 e. The van der Waals surface area contributed by atoms with Crippen LogP contribution >= 0.6 is 0 Å². The third-order valence-corrected chi connectivity index (χ3v) is 4.16. The Hall–Kier alpha value is -2.34. The predicted octanol–water partition coefficient (Wildman–Crippen LogP) is 5.12. The van der Waals surface area contributed by atoms with Crippen molar-refractivity contribution >= 4 is 0 Å². The van der Waals surface area contributed by atoms with Crippen molar-refractivity contribution in [2.24, 2.45) is 0 Å². The lowest BCUT2D eigenvalue weighted by atomic mass is 9.91. The van der Waals surface area contributed by atoms with E-state index in [2.05, 4.69) is 72.8 Å². The SMILES string of the molecule is c1ccc2c(c1)-c1ccc(cc1)CCc1ccc-2cc1. The van der Waals surface area contributed by atoms with Gasteiger partial charge in [-0.05, 0) is 46.2 Å². The maximum Gasteiger partial charge on any atom is -0.0105 e. The Morgan fingerprint density at radius 3 is 1.25 bits per heavy atom. The molecule has 0 aliphatic heterocycles. The zero-order valence-electron chi connectivity index (χ0n) is 11.3. The van der Waals surface area contributed by atoms with Crippen molar-refractivity contribution in [2.75, 3.05) is 0 Å². The summed E-state index contributed by atoms with van der Waals surface area (Å²) in [6.07, 6.45) is 2.22. The van der Waals surface area contributed by atoms with E-state index in [0.717, 1.165) is 12.8 Å². The molecule has 0 amide bonds. The van der Waals surface area contributed by atoms with Gasteiger partial charge in [0.1, 0.15) is 0 Å². The van der Waals surface area contributed by atoms with Crippen molar-refractivity contribution in [1.29, 1.82) is 0 Å². The second kappa shape index (κ2) is 4.64. The summed E-state index contributed by atoms with van der Waals surface area (Å²) < 4.78 is 0. The normalized spacial score (nSPS) is 12.6. The molecule has 3 aromatic rings. The van der Waals surface area contributed by atoms with Gasteiger partial charge in [0.2, 0.25) is 0 Å². The molecule has 20 heavy (non-hydrogen) atoms. The van der Waals surface area contributed by atoms with E-state index < -0.39 is 0 Å². The van der Waals surface area contributed by atoms with Gasteiger partial charge in [-0.1, -0.05) is 72.8 Å². The maximum atomic E-state index is 2.26. The van der Waals surface area contributed by atoms with E-state index in [4.69, 9.17) is 0 Å². The molecule has 7 rings (SSSR count). The van der Waals surface area contributed by atoms with Gasteiger partial charge in [0.25, 0.3) is 0 Å². The molecule has 0 heterocycles. The molecule has 4 aliphatic rings. The summed E-state index contributed by atoms with van der Waals surface area (Å²) in [4.78, 5) is 0. The zero-order valence-corrected chi connectivity index (χ0v) is 11.3. The average Bonchev–Trinajstić information content (AvgIpc) is 2.52. The highest BCUT2D eigenvalue weighted by atomic mass is 14.1. The lowest BCUT2D eigenvalue weighted by Crippen LogP contribution is -1.94. The van der Waals surface area contributed by atoms with E-state index in [-0.39, 0.29) is 0 Å². The first kappa shape index (κ1) is 11.5. The summed E-state index contributed by atoms with van der Waals surface area (Å²) in [6, 6.07) is 26.7. The van der Waals surface area contributed by atoms with Crippen LogP contribution in [0.5, 0.6) is 0 Å². The number of rotatable bonds is 0. The average molecular weight is 256 g/mol. The summed E-state index contributed by atoms with van der Waals surface area (Å²) in [5.74, 6) is 0. The second-order valence-electron chi connectivity index (χ2n) is 5.44. The number of aryl methyl sites for hydroxylation is 2. The Balaban J connectivity index is 2.01. The van der Waals surface area contributed by atoms with Gasteiger partial charge in [-0.15, -0.1) is 0 Å². The van der Waals surface area contributed by atoms with Crippen LogP contribution in [0.4, 0.5) is 0 Å². The summed E-state index contributed by atoms with van der Waals surface area (Å²) in [6.45, 7) is 0. The van der Waals surface area contributed by atoms with Crippen molar-refractivity contribution in [3.63, 3.8) is 0 Å². The first-order valence-electron chi connectivity index (χ1n) is 7.18. The third-order valence-electron chi connectivity index (χ3n) is 4.16. The maximum absolute atomic E-state index is 2.26. The number of hydrogen-bond donors (Lipinski definition) is 0. The zero-order chi connectivity index (χ0) is 13.4. The van der Waals surface area contributed by atoms with Crippen LogP contribution in [-0.4, -0.2) is 0 Å². The molecule has 0 N–H and O–H groups in total. The van der Waals surface area contributed by atoms with E-state index in [1.807, 2.05) is 0 Å². The van der Waals surface area contributed by atoms with Crippen molar-refractivity contribution in [3.8, 4) is 22.3 Å². The van der Waals surface area contributed by atoms with Crippen LogP contribution in [0.3, 0.4) is 0 Å². The highest BCUT2D eigenvalue weighted by Crippen LogP contribution is 2.33. The minimum absolute atomic E-state index is 1.11. The molecule has 0 heteroatoms. The van der Waals surface area contributed by atoms with Crippen LogP contribution in [0.2, 0.25) is 0 Å². The molecule has 0 saturated carbocycles. The molecular formula is C20H16. The van der Waals surface area contributed by atoms with Crippen LogP contribution in [0, 0.1) is 0 Å². The molecule has 3 aromatic carbocycles. The largest absolute Gasteiger partial charge is 0.0616 e. The van der Waals surface area contributed by atoms with Crippen LogP contribution in [0.15, 0.2) is 72.8 Å². The van der Waals surface area contributed by atoms with Crippen LogP contribution in [0.25, 0.3) is 22.3 Å². The molecule has 0 fully saturated rings. The highest BCUT2D eigenvalue weighted by molar-refractivity contribution is 5.83. The fraction of sp³-hybridized carbons (Fsp3) is 0.100. The predicted molar refractivity (Wildman–Crippen MR) is 84.7 cm³/mol. The van der Waals surface area contributed by atoms with Gasteiger partial charge in [-0.25, -0.2) is 0 Å². The van der Waals surface area contributed by atoms with Gasteiger partial charge >= 0.3 is 0 Å². The fourth-order valence-electron chi connectivity index (χ4n) is 2.98. The smallest absolute Gasteiger partial charge is 0.0105 e. The van der Waals surface area contributed by atoms with Gasteiger partial charge < -0.3 is 0 Å². The monoisotopic (exact) mass is 256 g/mol. The molecule has 96 valence electrons. The molecular weight excluding hydrogens is 240 g/mol. The molecule has 0 atom stereocenters. The Kier molecular flexibility index (Phi) is 2.67. The van der Waals surface area contributed by atoms with Crippen molar-refractivity contribution in [2.45, 2.75) is 12.8 Å². The quantitative estimate of drug-likeness (QED) is 0.523. The lowest BCUT2D eigenvalue weighted by Gasteiger charge is -2.13. The van der Waals surface area contributed by atoms with E-state index in [1.54, 1.807) is 0 Å². The van der Waals surface area contributed by atoms with Gasteiger partial charge in [0.05, 0.1) is 0 Å². The third kappa shape index (κ3) is 1.94. The van der Waals surface area contributed by atoms with Crippen LogP contribution < -0.4 is 0 Å². The van der Waals surface area contributed by atoms with Gasteiger partial charge in [0, 0.05) is 0 Å². The second-order valence-corrected chi connectivity index (χ2v) is 5.44. The molecule has 4 aliphatic carbocycles. The minimum atomic E-state index is 1.11. The van der Waals surface area contributed by atoms with Crippen molar-refractivity contribution in [3.05, 3.63) is 83.9 Å². The number of benzene rings is 3. The molecule has 0 unspecified atom stereocenters. The van der Waals surface area contributed by atoms with E-state index in [9.17, 15) is 0 Å². The van der Waals surface area contributed by atoms with Crippen LogP contribution in [0.1, 0.15) is 11.1 Å². The van der Waals surface area contributed by atoms with E-state index in [0.29, 0.717) is 0 Å². The van der Waals surface area contributed by atoms with E-state index in [1.165, 1.54) is 33.4 Å². The molecule has 0 aromatic heterocycles. The van der Waals surface area contributed by atoms with Gasteiger partial charge in [0.15, 0.2) is 0 Å². The van der Waals surface area contributed by atoms with E-state index >= 15 is 0 Å². The summed E-state index contributed by atoms with van der Waals surface area (Å²) >= 11 is 0. The first-order valence-corrected chi connectivity index (χ1v) is 7.18. The Labute approximate surface area is 119 Å². The highest BCUT2D eigenvalue weighted by Gasteiger charge is 2.08. The summed E-state index contributed by atoms with van der Waals surface area (Å²) in [7, 11) is 0. The first-order chi connectivity index (χ1) is 9.90. The number of hydrogen-bond acceptors (Lipinski definition) is 0. The Morgan fingerprint density at radius 2 is 0.850 bits per heavy atom. The summed E-state index contributed by atoms with van der Waals surface area (Å²) in [5.41, 5.74) is 8.05. The topological polar surface area (TPSA) is 0 Å². The van der Waals surface area contributed by atoms with Crippen LogP contribution in [-0.2, 0) is 12.8 Å². The molecule has 0 spiro atoms. The summed E-state index contributed by atoms with van der Waals surface area (Å²) in [5, 5.41) is 0. The van der Waals surface area contributed by atoms with Gasteiger partial charge in [-0.2, -0.15) is 0 Å². The Morgan fingerprint density at radius 1 is 0.450 bits per heavy atom. The molecule has 0 saturated heterocycles. The molecule has 4 bridgehead atoms. The molecule has 0 radical (unpaired) electrons. The lowest BCUT2D eigenvalue weighted by molar-refractivity contribution is 0.960. The molecule has 0 nitrogen and oxygen atoms in total.